The summed E-state index contributed by atoms with van der Waals surface area (Å²) in [6.07, 6.45) is 0. The number of nitrogens with one attached hydrogen (secondary N) is 1. The third kappa shape index (κ3) is 5.59. The molecule has 4 nitrogen and oxygen atoms in total. The lowest BCUT2D eigenvalue weighted by Gasteiger charge is -2.18. The van der Waals surface area contributed by atoms with Crippen molar-refractivity contribution in [1.29, 1.82) is 0 Å². The molecule has 0 aliphatic rings. The molecular weight excluding hydrogens is 284 g/mol. The average molecular weight is 310 g/mol. The maximum Gasteiger partial charge on any atom is 0.228 e. The van der Waals surface area contributed by atoms with Gasteiger partial charge in [0, 0.05) is 33.0 Å². The zero-order valence-corrected chi connectivity index (χ0v) is 14.3. The first-order valence-electron chi connectivity index (χ1n) is 7.15. The minimum atomic E-state index is -0.958. The number of carbonyl (C=O) groups excluding carboxylic acids is 1. The second kappa shape index (κ2) is 7.18. The number of rotatable bonds is 5. The second-order valence-corrected chi connectivity index (χ2v) is 8.64. The number of amides is 1. The molecule has 1 aromatic carbocycles. The van der Waals surface area contributed by atoms with Crippen molar-refractivity contribution in [2.24, 2.45) is 11.7 Å². The van der Waals surface area contributed by atoms with Gasteiger partial charge in [0.25, 0.3) is 0 Å². The Morgan fingerprint density at radius 2 is 1.95 bits per heavy atom. The maximum atomic E-state index is 12.2. The molecule has 3 unspecified atom stereocenters. The number of benzene rings is 1. The van der Waals surface area contributed by atoms with Gasteiger partial charge in [0.15, 0.2) is 0 Å². The molecule has 3 N–H and O–H groups in total. The van der Waals surface area contributed by atoms with E-state index in [1.54, 1.807) is 6.92 Å². The van der Waals surface area contributed by atoms with Crippen molar-refractivity contribution in [2.75, 3.05) is 5.32 Å². The molecule has 1 rings (SSSR count). The molecule has 1 aromatic rings. The van der Waals surface area contributed by atoms with Crippen LogP contribution < -0.4 is 11.1 Å². The third-order valence-corrected chi connectivity index (χ3v) is 5.34. The van der Waals surface area contributed by atoms with Gasteiger partial charge in [-0.25, -0.2) is 0 Å². The van der Waals surface area contributed by atoms with E-state index in [1.165, 1.54) is 0 Å². The molecule has 0 bridgehead atoms. The van der Waals surface area contributed by atoms with Gasteiger partial charge in [-0.05, 0) is 45.4 Å². The Hall–Kier alpha value is -1.20. The van der Waals surface area contributed by atoms with Gasteiger partial charge in [-0.15, -0.1) is 0 Å². The molecule has 0 heterocycles. The number of carbonyl (C=O) groups is 1. The summed E-state index contributed by atoms with van der Waals surface area (Å²) in [4.78, 5) is 12.0. The van der Waals surface area contributed by atoms with Crippen LogP contribution in [0, 0.1) is 5.92 Å². The highest BCUT2D eigenvalue weighted by Gasteiger charge is 2.20. The summed E-state index contributed by atoms with van der Waals surface area (Å²) in [6, 6.07) is 7.29. The van der Waals surface area contributed by atoms with Crippen molar-refractivity contribution in [3.63, 3.8) is 0 Å². The fourth-order valence-electron chi connectivity index (χ4n) is 1.60. The van der Waals surface area contributed by atoms with Gasteiger partial charge in [0.2, 0.25) is 5.91 Å². The molecule has 0 radical (unpaired) electrons. The Labute approximate surface area is 130 Å². The normalized spacial score (nSPS) is 16.1. The van der Waals surface area contributed by atoms with E-state index in [9.17, 15) is 9.00 Å². The van der Waals surface area contributed by atoms with Crippen molar-refractivity contribution in [3.8, 4) is 0 Å². The number of anilines is 1. The van der Waals surface area contributed by atoms with Gasteiger partial charge in [-0.2, -0.15) is 0 Å². The Kier molecular flexibility index (Phi) is 6.10. The van der Waals surface area contributed by atoms with Crippen LogP contribution in [0.3, 0.4) is 0 Å². The molecule has 0 fully saturated rings. The van der Waals surface area contributed by atoms with Crippen LogP contribution in [-0.2, 0) is 21.3 Å². The predicted molar refractivity (Wildman–Crippen MR) is 89.5 cm³/mol. The van der Waals surface area contributed by atoms with E-state index in [-0.39, 0.29) is 22.6 Å². The van der Waals surface area contributed by atoms with E-state index in [4.69, 9.17) is 5.73 Å². The predicted octanol–water partition coefficient (Wildman–Crippen LogP) is 2.66. The van der Waals surface area contributed by atoms with Gasteiger partial charge in [-0.1, -0.05) is 19.1 Å². The molecule has 1 amide bonds. The van der Waals surface area contributed by atoms with Gasteiger partial charge >= 0.3 is 0 Å². The van der Waals surface area contributed by atoms with Crippen LogP contribution in [0.1, 0.15) is 40.2 Å². The van der Waals surface area contributed by atoms with Crippen LogP contribution in [-0.4, -0.2) is 20.9 Å². The first-order valence-corrected chi connectivity index (χ1v) is 8.47. The minimum Gasteiger partial charge on any atom is -0.327 e. The van der Waals surface area contributed by atoms with Gasteiger partial charge in [0.05, 0.1) is 5.92 Å². The monoisotopic (exact) mass is 310 g/mol. The first-order chi connectivity index (χ1) is 9.61. The maximum absolute atomic E-state index is 12.2. The Morgan fingerprint density at radius 1 is 1.33 bits per heavy atom. The lowest BCUT2D eigenvalue weighted by atomic mass is 10.0. The van der Waals surface area contributed by atoms with Crippen molar-refractivity contribution >= 4 is 22.4 Å². The molecular formula is C16H26N2O2S. The molecule has 118 valence electrons. The number of nitrogens with two attached hydrogens (primary N) is 1. The van der Waals surface area contributed by atoms with E-state index >= 15 is 0 Å². The fourth-order valence-corrected chi connectivity index (χ4v) is 2.52. The van der Waals surface area contributed by atoms with Gasteiger partial charge < -0.3 is 11.1 Å². The zero-order valence-electron chi connectivity index (χ0n) is 13.5. The summed E-state index contributed by atoms with van der Waals surface area (Å²) in [6.45, 7) is 9.49. The quantitative estimate of drug-likeness (QED) is 0.878. The highest BCUT2D eigenvalue weighted by atomic mass is 32.2. The minimum absolute atomic E-state index is 0.0981. The molecule has 0 aliphatic heterocycles. The number of hydrogen-bond donors (Lipinski definition) is 2. The summed E-state index contributed by atoms with van der Waals surface area (Å²) in [5.41, 5.74) is 7.40. The lowest BCUT2D eigenvalue weighted by molar-refractivity contribution is -0.119. The largest absolute Gasteiger partial charge is 0.327 e. The van der Waals surface area contributed by atoms with Crippen LogP contribution in [0.25, 0.3) is 0 Å². The summed E-state index contributed by atoms with van der Waals surface area (Å²) in [7, 11) is -0.958. The molecule has 0 spiro atoms. The first kappa shape index (κ1) is 17.9. The smallest absolute Gasteiger partial charge is 0.228 e. The van der Waals surface area contributed by atoms with Crippen molar-refractivity contribution < 1.29 is 9.00 Å². The van der Waals surface area contributed by atoms with Crippen molar-refractivity contribution in [1.82, 2.24) is 0 Å². The molecule has 0 saturated carbocycles. The van der Waals surface area contributed by atoms with E-state index in [2.05, 4.69) is 5.32 Å². The third-order valence-electron chi connectivity index (χ3n) is 3.38. The van der Waals surface area contributed by atoms with E-state index in [0.29, 0.717) is 5.75 Å². The topological polar surface area (TPSA) is 72.2 Å². The second-order valence-electron chi connectivity index (χ2n) is 6.44. The fraction of sp³-hybridized carbons (Fsp3) is 0.562. The van der Waals surface area contributed by atoms with E-state index < -0.39 is 10.8 Å². The number of hydrogen-bond acceptors (Lipinski definition) is 3. The van der Waals surface area contributed by atoms with E-state index in [0.717, 1.165) is 11.3 Å². The lowest BCUT2D eigenvalue weighted by Crippen LogP contribution is -2.34. The van der Waals surface area contributed by atoms with E-state index in [1.807, 2.05) is 52.0 Å². The highest BCUT2D eigenvalue weighted by Crippen LogP contribution is 2.19. The average Bonchev–Trinajstić information content (AvgIpc) is 2.36. The van der Waals surface area contributed by atoms with Gasteiger partial charge in [-0.3, -0.25) is 9.00 Å². The van der Waals surface area contributed by atoms with Crippen LogP contribution >= 0.6 is 0 Å². The summed E-state index contributed by atoms with van der Waals surface area (Å²) >= 11 is 0. The Balaban J connectivity index is 2.78. The summed E-state index contributed by atoms with van der Waals surface area (Å²) in [5, 5.41) is 2.86. The van der Waals surface area contributed by atoms with Crippen molar-refractivity contribution in [2.45, 2.75) is 51.2 Å². The van der Waals surface area contributed by atoms with Crippen LogP contribution in [0.4, 0.5) is 5.69 Å². The Morgan fingerprint density at radius 3 is 2.48 bits per heavy atom. The van der Waals surface area contributed by atoms with Crippen LogP contribution in [0.2, 0.25) is 0 Å². The zero-order chi connectivity index (χ0) is 16.2. The standard InChI is InChI=1S/C16H26N2O2S/c1-11(12(2)17)15(19)18-14-8-6-7-13(9-14)10-21(20)16(3,4)5/h6-9,11-12H,10,17H2,1-5H3,(H,18,19). The molecule has 0 aliphatic carbocycles. The molecule has 3 atom stereocenters. The molecule has 21 heavy (non-hydrogen) atoms. The van der Waals surface area contributed by atoms with Gasteiger partial charge in [0.1, 0.15) is 0 Å². The SMILES string of the molecule is CC(N)C(C)C(=O)Nc1cccc(CS(=O)C(C)(C)C)c1. The molecule has 0 saturated heterocycles. The van der Waals surface area contributed by atoms with Crippen LogP contribution in [0.15, 0.2) is 24.3 Å². The molecule has 5 heteroatoms. The summed E-state index contributed by atoms with van der Waals surface area (Å²) in [5.74, 6) is 0.132. The summed E-state index contributed by atoms with van der Waals surface area (Å²) < 4.78 is 11.9. The van der Waals surface area contributed by atoms with Crippen molar-refractivity contribution in [3.05, 3.63) is 29.8 Å². The highest BCUT2D eigenvalue weighted by molar-refractivity contribution is 7.85. The Bertz CT molecular complexity index is 521. The molecule has 0 aromatic heterocycles. The van der Waals surface area contributed by atoms with Crippen LogP contribution in [0.5, 0.6) is 0 Å².